The van der Waals surface area contributed by atoms with Gasteiger partial charge in [-0.1, -0.05) is 35.0 Å². The van der Waals surface area contributed by atoms with Crippen molar-refractivity contribution < 1.29 is 9.53 Å². The molecular weight excluding hydrogens is 418 g/mol. The zero-order valence-corrected chi connectivity index (χ0v) is 18.5. The van der Waals surface area contributed by atoms with Crippen LogP contribution in [0.3, 0.4) is 0 Å². The van der Waals surface area contributed by atoms with E-state index in [2.05, 4.69) is 45.0 Å². The Kier molecular flexibility index (Phi) is 5.02. The summed E-state index contributed by atoms with van der Waals surface area (Å²) in [4.78, 5) is 23.1. The molecule has 1 aromatic heterocycles. The number of fused-ring (bicyclic) bond motifs is 1. The zero-order valence-electron chi connectivity index (χ0n) is 16.9. The molecular formula is C22H28BrN3O2. The largest absolute Gasteiger partial charge is 0.444 e. The third-order valence-corrected chi connectivity index (χ3v) is 6.50. The van der Waals surface area contributed by atoms with Crippen LogP contribution in [-0.4, -0.2) is 32.6 Å². The Bertz CT molecular complexity index is 855. The predicted molar refractivity (Wildman–Crippen MR) is 113 cm³/mol. The van der Waals surface area contributed by atoms with Gasteiger partial charge >= 0.3 is 6.09 Å². The predicted octanol–water partition coefficient (Wildman–Crippen LogP) is 5.94. The molecule has 1 aromatic carbocycles. The van der Waals surface area contributed by atoms with E-state index in [-0.39, 0.29) is 18.2 Å². The number of rotatable bonds is 2. The van der Waals surface area contributed by atoms with Crippen molar-refractivity contribution in [2.75, 3.05) is 0 Å². The average molecular weight is 446 g/mol. The number of amides is 1. The lowest BCUT2D eigenvalue weighted by atomic mass is 9.64. The molecule has 4 rings (SSSR count). The molecule has 1 amide bonds. The van der Waals surface area contributed by atoms with Crippen molar-refractivity contribution in [1.82, 2.24) is 14.9 Å². The number of ether oxygens (including phenoxy) is 1. The fourth-order valence-corrected chi connectivity index (χ4v) is 4.82. The molecule has 2 aromatic rings. The van der Waals surface area contributed by atoms with E-state index in [1.54, 1.807) is 0 Å². The monoisotopic (exact) mass is 445 g/mol. The molecule has 1 aliphatic heterocycles. The summed E-state index contributed by atoms with van der Waals surface area (Å²) < 4.78 is 6.81. The number of likely N-dealkylation sites (tertiary alicyclic amines) is 1. The number of carbonyl (C=O) groups is 1. The fourth-order valence-electron chi connectivity index (χ4n) is 4.56. The molecule has 1 N–H and O–H groups in total. The number of H-pyrrole nitrogens is 1. The molecule has 1 aliphatic carbocycles. The Hall–Kier alpha value is -1.82. The first kappa shape index (κ1) is 19.5. The van der Waals surface area contributed by atoms with Crippen molar-refractivity contribution in [2.24, 2.45) is 11.8 Å². The van der Waals surface area contributed by atoms with Crippen LogP contribution in [0.1, 0.15) is 58.8 Å². The van der Waals surface area contributed by atoms with Crippen LogP contribution >= 0.6 is 15.9 Å². The second kappa shape index (κ2) is 7.21. The van der Waals surface area contributed by atoms with Gasteiger partial charge in [0.25, 0.3) is 0 Å². The minimum atomic E-state index is -0.504. The highest BCUT2D eigenvalue weighted by molar-refractivity contribution is 9.10. The lowest BCUT2D eigenvalue weighted by molar-refractivity contribution is -0.0698. The molecule has 2 aliphatic rings. The lowest BCUT2D eigenvalue weighted by Gasteiger charge is -2.54. The highest BCUT2D eigenvalue weighted by Crippen LogP contribution is 2.49. The molecule has 2 fully saturated rings. The molecule has 0 radical (unpaired) electrons. The molecule has 4 atom stereocenters. The van der Waals surface area contributed by atoms with E-state index in [0.29, 0.717) is 11.8 Å². The third kappa shape index (κ3) is 3.71. The van der Waals surface area contributed by atoms with Crippen molar-refractivity contribution in [3.63, 3.8) is 0 Å². The van der Waals surface area contributed by atoms with Crippen molar-refractivity contribution in [1.29, 1.82) is 0 Å². The maximum atomic E-state index is 13.1. The van der Waals surface area contributed by atoms with E-state index < -0.39 is 5.60 Å². The molecule has 1 saturated heterocycles. The summed E-state index contributed by atoms with van der Waals surface area (Å²) in [7, 11) is 0. The number of imidazole rings is 1. The Morgan fingerprint density at radius 2 is 1.96 bits per heavy atom. The molecule has 28 heavy (non-hydrogen) atoms. The maximum absolute atomic E-state index is 13.1. The quantitative estimate of drug-likeness (QED) is 0.622. The maximum Gasteiger partial charge on any atom is 0.411 e. The van der Waals surface area contributed by atoms with Gasteiger partial charge < -0.3 is 9.72 Å². The minimum Gasteiger partial charge on any atom is -0.444 e. The van der Waals surface area contributed by atoms with Gasteiger partial charge in [0.1, 0.15) is 11.4 Å². The van der Waals surface area contributed by atoms with Crippen molar-refractivity contribution >= 4 is 22.0 Å². The molecule has 6 heteroatoms. The van der Waals surface area contributed by atoms with Crippen LogP contribution in [0.15, 0.2) is 34.9 Å². The lowest BCUT2D eigenvalue weighted by Crippen LogP contribution is -2.59. The topological polar surface area (TPSA) is 58.2 Å². The van der Waals surface area contributed by atoms with E-state index >= 15 is 0 Å². The third-order valence-electron chi connectivity index (χ3n) is 5.98. The van der Waals surface area contributed by atoms with Crippen molar-refractivity contribution in [3.8, 4) is 11.3 Å². The molecule has 1 saturated carbocycles. The molecule has 5 nitrogen and oxygen atoms in total. The summed E-state index contributed by atoms with van der Waals surface area (Å²) in [5.74, 6) is 2.09. The number of hydrogen-bond donors (Lipinski definition) is 1. The Balaban J connectivity index is 1.61. The first-order valence-electron chi connectivity index (χ1n) is 10.0. The highest BCUT2D eigenvalue weighted by atomic mass is 79.9. The summed E-state index contributed by atoms with van der Waals surface area (Å²) in [6.07, 6.45) is 4.73. The fraction of sp³-hybridized carbons (Fsp3) is 0.545. The van der Waals surface area contributed by atoms with Crippen molar-refractivity contribution in [2.45, 2.75) is 64.6 Å². The summed E-state index contributed by atoms with van der Waals surface area (Å²) in [5, 5.41) is 0. The van der Waals surface area contributed by atoms with Crippen LogP contribution in [0.2, 0.25) is 0 Å². The standard InChI is InChI=1S/C22H28BrN3O2/c1-13-11-19-16(13)9-10-18(26(19)21(27)28-22(2,3)4)20-24-12-17(25-20)14-5-7-15(23)8-6-14/h5-8,12-13,16,18-19H,9-11H2,1-4H3,(H,24,25). The van der Waals surface area contributed by atoms with Crippen LogP contribution in [-0.2, 0) is 4.74 Å². The number of carbonyl (C=O) groups excluding carboxylic acids is 1. The van der Waals surface area contributed by atoms with Crippen LogP contribution in [0.5, 0.6) is 0 Å². The molecule has 4 unspecified atom stereocenters. The van der Waals surface area contributed by atoms with Gasteiger partial charge in [-0.15, -0.1) is 0 Å². The summed E-state index contributed by atoms with van der Waals surface area (Å²) in [5.41, 5.74) is 1.54. The summed E-state index contributed by atoms with van der Waals surface area (Å²) >= 11 is 3.47. The minimum absolute atomic E-state index is 0.0622. The Labute approximate surface area is 175 Å². The van der Waals surface area contributed by atoms with Gasteiger partial charge in [-0.3, -0.25) is 4.90 Å². The number of aromatic nitrogens is 2. The van der Waals surface area contributed by atoms with Crippen LogP contribution in [0.25, 0.3) is 11.3 Å². The Morgan fingerprint density at radius 3 is 2.61 bits per heavy atom. The van der Waals surface area contributed by atoms with E-state index in [4.69, 9.17) is 4.74 Å². The number of piperidine rings is 1. The van der Waals surface area contributed by atoms with Gasteiger partial charge in [0.05, 0.1) is 17.9 Å². The second-order valence-corrected chi connectivity index (χ2v) is 10.0. The van der Waals surface area contributed by atoms with Crippen LogP contribution < -0.4 is 0 Å². The SMILES string of the molecule is CC1CC2C1CCC(c1ncc(-c3ccc(Br)cc3)[nH]1)N2C(=O)OC(C)(C)C. The normalized spacial score (nSPS) is 27.1. The van der Waals surface area contributed by atoms with E-state index in [0.717, 1.165) is 40.8 Å². The van der Waals surface area contributed by atoms with Crippen LogP contribution in [0.4, 0.5) is 4.79 Å². The second-order valence-electron chi connectivity index (χ2n) is 9.11. The van der Waals surface area contributed by atoms with Gasteiger partial charge in [0, 0.05) is 10.5 Å². The zero-order chi connectivity index (χ0) is 20.1. The smallest absolute Gasteiger partial charge is 0.411 e. The van der Waals surface area contributed by atoms with Crippen LogP contribution in [0, 0.1) is 11.8 Å². The molecule has 0 bridgehead atoms. The van der Waals surface area contributed by atoms with E-state index in [1.165, 1.54) is 0 Å². The number of benzene rings is 1. The summed E-state index contributed by atoms with van der Waals surface area (Å²) in [6, 6.07) is 8.33. The molecule has 150 valence electrons. The van der Waals surface area contributed by atoms with Gasteiger partial charge in [-0.2, -0.15) is 0 Å². The number of halogens is 1. The molecule has 2 heterocycles. The number of nitrogens with one attached hydrogen (secondary N) is 1. The van der Waals surface area contributed by atoms with Gasteiger partial charge in [0.2, 0.25) is 0 Å². The highest BCUT2D eigenvalue weighted by Gasteiger charge is 2.50. The average Bonchev–Trinajstić information content (AvgIpc) is 3.09. The van der Waals surface area contributed by atoms with E-state index in [1.807, 2.05) is 44.0 Å². The van der Waals surface area contributed by atoms with Gasteiger partial charge in [-0.25, -0.2) is 9.78 Å². The summed E-state index contributed by atoms with van der Waals surface area (Å²) in [6.45, 7) is 8.04. The molecule has 0 spiro atoms. The van der Waals surface area contributed by atoms with E-state index in [9.17, 15) is 4.79 Å². The number of aromatic amines is 1. The number of nitrogens with zero attached hydrogens (tertiary/aromatic N) is 2. The van der Waals surface area contributed by atoms with Crippen molar-refractivity contribution in [3.05, 3.63) is 40.8 Å². The first-order valence-corrected chi connectivity index (χ1v) is 10.8. The Morgan fingerprint density at radius 1 is 1.25 bits per heavy atom. The first-order chi connectivity index (χ1) is 13.2. The van der Waals surface area contributed by atoms with Gasteiger partial charge in [-0.05, 0) is 69.6 Å². The number of hydrogen-bond acceptors (Lipinski definition) is 3. The van der Waals surface area contributed by atoms with Gasteiger partial charge in [0.15, 0.2) is 0 Å².